The maximum absolute atomic E-state index is 13.7. The average Bonchev–Trinajstić information content (AvgIpc) is 3.61. The number of halogens is 2. The number of aliphatic imine (C=N–C) groups is 2. The molecule has 50 heavy (non-hydrogen) atoms. The van der Waals surface area contributed by atoms with E-state index in [1.807, 2.05) is 109 Å². The number of methoxy groups -OCH3 is 2. The van der Waals surface area contributed by atoms with E-state index in [-0.39, 0.29) is 11.8 Å². The van der Waals surface area contributed by atoms with Crippen molar-refractivity contribution < 1.29 is 19.1 Å². The molecular weight excluding hydrogens is 760 g/mol. The van der Waals surface area contributed by atoms with Crippen LogP contribution >= 0.6 is 31.9 Å². The van der Waals surface area contributed by atoms with Gasteiger partial charge < -0.3 is 9.47 Å². The third kappa shape index (κ3) is 8.31. The van der Waals surface area contributed by atoms with Crippen LogP contribution in [0.15, 0.2) is 127 Å². The Kier molecular flexibility index (Phi) is 11.4. The molecule has 10 heteroatoms. The quantitative estimate of drug-likeness (QED) is 0.100. The van der Waals surface area contributed by atoms with E-state index in [4.69, 9.17) is 19.5 Å². The molecule has 4 aromatic rings. The smallest absolute Gasteiger partial charge is 0.278 e. The average molecular weight is 797 g/mol. The number of carbonyl (C=O) groups excluding carboxylic acids is 2. The molecule has 2 amide bonds. The van der Waals surface area contributed by atoms with Gasteiger partial charge >= 0.3 is 0 Å². The van der Waals surface area contributed by atoms with Gasteiger partial charge in [0.15, 0.2) is 0 Å². The van der Waals surface area contributed by atoms with Crippen LogP contribution in [-0.2, 0) is 9.59 Å². The van der Waals surface area contributed by atoms with Crippen molar-refractivity contribution in [2.45, 2.75) is 25.7 Å². The third-order valence-corrected chi connectivity index (χ3v) is 9.40. The van der Waals surface area contributed by atoms with Gasteiger partial charge in [0.2, 0.25) is 0 Å². The highest BCUT2D eigenvalue weighted by Crippen LogP contribution is 2.27. The molecule has 0 atom stereocenters. The highest BCUT2D eigenvalue weighted by atomic mass is 79.9. The Balaban J connectivity index is 1.10. The van der Waals surface area contributed by atoms with Crippen LogP contribution in [0.3, 0.4) is 0 Å². The second-order valence-electron chi connectivity index (χ2n) is 11.8. The van der Waals surface area contributed by atoms with Crippen LogP contribution in [0.5, 0.6) is 11.5 Å². The summed E-state index contributed by atoms with van der Waals surface area (Å²) >= 11 is 7.11. The Hall–Kier alpha value is -4.80. The minimum absolute atomic E-state index is 0.121. The molecule has 0 N–H and O–H groups in total. The minimum Gasteiger partial charge on any atom is -0.497 e. The van der Waals surface area contributed by atoms with Gasteiger partial charge in [0.25, 0.3) is 11.8 Å². The number of hydrogen-bond donors (Lipinski definition) is 0. The van der Waals surface area contributed by atoms with E-state index >= 15 is 0 Å². The number of amidine groups is 2. The Morgan fingerprint density at radius 1 is 0.580 bits per heavy atom. The van der Waals surface area contributed by atoms with Crippen LogP contribution in [0.4, 0.5) is 0 Å². The molecule has 0 unspecified atom stereocenters. The SMILES string of the molecule is COc1ccc(/C=C2\N=C(c3cccc(Br)c3)N(CCCCCCN3C(=O)/C(=C\c4ccc(OC)cc4)N=C3c3cccc(Br)c3)C2=O)cc1. The number of amides is 2. The van der Waals surface area contributed by atoms with Crippen molar-refractivity contribution in [2.24, 2.45) is 9.98 Å². The number of nitrogens with zero attached hydrogens (tertiary/aromatic N) is 4. The first-order chi connectivity index (χ1) is 24.3. The summed E-state index contributed by atoms with van der Waals surface area (Å²) in [6.07, 6.45) is 6.97. The van der Waals surface area contributed by atoms with E-state index < -0.39 is 0 Å². The molecule has 2 aliphatic heterocycles. The summed E-state index contributed by atoms with van der Waals surface area (Å²) in [5, 5.41) is 0. The molecule has 254 valence electrons. The Labute approximate surface area is 309 Å². The first kappa shape index (κ1) is 35.0. The van der Waals surface area contributed by atoms with Crippen molar-refractivity contribution in [1.82, 2.24) is 9.80 Å². The topological polar surface area (TPSA) is 83.8 Å². The van der Waals surface area contributed by atoms with Gasteiger partial charge in [-0.25, -0.2) is 9.98 Å². The number of hydrogen-bond acceptors (Lipinski definition) is 6. The van der Waals surface area contributed by atoms with E-state index in [0.29, 0.717) is 36.2 Å². The molecule has 4 aromatic carbocycles. The van der Waals surface area contributed by atoms with Crippen molar-refractivity contribution in [3.63, 3.8) is 0 Å². The van der Waals surface area contributed by atoms with Crippen LogP contribution in [0, 0.1) is 0 Å². The summed E-state index contributed by atoms with van der Waals surface area (Å²) in [4.78, 5) is 40.4. The zero-order valence-electron chi connectivity index (χ0n) is 27.8. The Morgan fingerprint density at radius 2 is 0.980 bits per heavy atom. The molecule has 2 heterocycles. The van der Waals surface area contributed by atoms with Crippen LogP contribution in [0.2, 0.25) is 0 Å². The fourth-order valence-corrected chi connectivity index (χ4v) is 6.62. The lowest BCUT2D eigenvalue weighted by Crippen LogP contribution is -2.34. The predicted octanol–water partition coefficient (Wildman–Crippen LogP) is 8.75. The van der Waals surface area contributed by atoms with Crippen molar-refractivity contribution in [1.29, 1.82) is 0 Å². The fourth-order valence-electron chi connectivity index (χ4n) is 5.82. The number of unbranched alkanes of at least 4 members (excludes halogenated alkanes) is 3. The highest BCUT2D eigenvalue weighted by Gasteiger charge is 2.32. The minimum atomic E-state index is -0.121. The molecule has 8 nitrogen and oxygen atoms in total. The van der Waals surface area contributed by atoms with Gasteiger partial charge in [0.1, 0.15) is 34.6 Å². The normalized spacial score (nSPS) is 16.0. The van der Waals surface area contributed by atoms with E-state index in [1.54, 1.807) is 24.0 Å². The molecule has 0 saturated carbocycles. The van der Waals surface area contributed by atoms with Crippen molar-refractivity contribution in [3.05, 3.63) is 140 Å². The number of carbonyl (C=O) groups is 2. The van der Waals surface area contributed by atoms with Gasteiger partial charge in [-0.1, -0.05) is 93.2 Å². The number of rotatable bonds is 13. The van der Waals surface area contributed by atoms with E-state index in [1.165, 1.54) is 0 Å². The zero-order valence-corrected chi connectivity index (χ0v) is 31.0. The lowest BCUT2D eigenvalue weighted by molar-refractivity contribution is -0.123. The van der Waals surface area contributed by atoms with Gasteiger partial charge in [0, 0.05) is 33.2 Å². The molecule has 0 aliphatic carbocycles. The largest absolute Gasteiger partial charge is 0.497 e. The summed E-state index contributed by atoms with van der Waals surface area (Å²) in [6, 6.07) is 30.8. The maximum Gasteiger partial charge on any atom is 0.278 e. The van der Waals surface area contributed by atoms with Crippen molar-refractivity contribution in [3.8, 4) is 11.5 Å². The van der Waals surface area contributed by atoms with Gasteiger partial charge in [-0.2, -0.15) is 0 Å². The summed E-state index contributed by atoms with van der Waals surface area (Å²) in [7, 11) is 3.25. The van der Waals surface area contributed by atoms with Crippen molar-refractivity contribution >= 4 is 67.5 Å². The van der Waals surface area contributed by atoms with E-state index in [9.17, 15) is 9.59 Å². The standard InChI is InChI=1S/C40H36Br2N4O4/c1-49-33-17-13-27(14-18-33)23-35-39(47)45(37(43-35)29-9-7-11-31(41)25-29)21-5-3-4-6-22-46-38(30-10-8-12-32(42)26-30)44-36(40(46)48)24-28-15-19-34(50-2)20-16-28/h7-20,23-26H,3-6,21-22H2,1-2H3/b35-23-,36-24+. The zero-order chi connectivity index (χ0) is 35.0. The van der Waals surface area contributed by atoms with Gasteiger partial charge in [0.05, 0.1) is 14.2 Å². The first-order valence-electron chi connectivity index (χ1n) is 16.4. The molecule has 2 aliphatic rings. The Morgan fingerprint density at radius 3 is 1.34 bits per heavy atom. The van der Waals surface area contributed by atoms with Crippen LogP contribution in [0.1, 0.15) is 47.9 Å². The van der Waals surface area contributed by atoms with E-state index in [2.05, 4.69) is 31.9 Å². The highest BCUT2D eigenvalue weighted by molar-refractivity contribution is 9.10. The summed E-state index contributed by atoms with van der Waals surface area (Å²) in [5.41, 5.74) is 4.29. The molecule has 0 radical (unpaired) electrons. The van der Waals surface area contributed by atoms with Gasteiger partial charge in [-0.3, -0.25) is 19.4 Å². The second kappa shape index (κ2) is 16.3. The number of ether oxygens (including phenoxy) is 2. The second-order valence-corrected chi connectivity index (χ2v) is 13.7. The van der Waals surface area contributed by atoms with Crippen molar-refractivity contribution in [2.75, 3.05) is 27.3 Å². The monoisotopic (exact) mass is 794 g/mol. The van der Waals surface area contributed by atoms with Gasteiger partial charge in [-0.15, -0.1) is 0 Å². The van der Waals surface area contributed by atoms with Crippen LogP contribution in [-0.4, -0.2) is 60.6 Å². The van der Waals surface area contributed by atoms with Gasteiger partial charge in [-0.05, 0) is 84.7 Å². The maximum atomic E-state index is 13.7. The lowest BCUT2D eigenvalue weighted by atomic mass is 10.1. The van der Waals surface area contributed by atoms with Crippen LogP contribution in [0.25, 0.3) is 12.2 Å². The predicted molar refractivity (Wildman–Crippen MR) is 205 cm³/mol. The summed E-state index contributed by atoms with van der Waals surface area (Å²) in [6.45, 7) is 1.07. The molecular formula is C40H36Br2N4O4. The fraction of sp³-hybridized carbons (Fsp3) is 0.200. The first-order valence-corrected chi connectivity index (χ1v) is 18.0. The number of benzene rings is 4. The molecule has 0 spiro atoms. The van der Waals surface area contributed by atoms with E-state index in [0.717, 1.165) is 68.4 Å². The molecule has 0 fully saturated rings. The third-order valence-electron chi connectivity index (χ3n) is 8.41. The molecule has 0 saturated heterocycles. The molecule has 0 bridgehead atoms. The summed E-state index contributed by atoms with van der Waals surface area (Å²) < 4.78 is 12.4. The molecule has 6 rings (SSSR count). The Bertz CT molecular complexity index is 1860. The summed E-state index contributed by atoms with van der Waals surface area (Å²) in [5.74, 6) is 2.55. The van der Waals surface area contributed by atoms with Crippen LogP contribution < -0.4 is 9.47 Å². The lowest BCUT2D eigenvalue weighted by Gasteiger charge is -2.20. The molecule has 0 aromatic heterocycles.